The second kappa shape index (κ2) is 12.8. The van der Waals surface area contributed by atoms with E-state index < -0.39 is 0 Å². The van der Waals surface area contributed by atoms with E-state index in [2.05, 4.69) is 25.6 Å². The lowest BCUT2D eigenvalue weighted by Crippen LogP contribution is -2.17. The Labute approximate surface area is 205 Å². The van der Waals surface area contributed by atoms with Gasteiger partial charge in [-0.15, -0.1) is 5.10 Å². The fourth-order valence-corrected chi connectivity index (χ4v) is 4.23. The third-order valence-electron chi connectivity index (χ3n) is 6.18. The molecule has 0 spiro atoms. The van der Waals surface area contributed by atoms with Crippen molar-refractivity contribution in [3.63, 3.8) is 0 Å². The van der Waals surface area contributed by atoms with Gasteiger partial charge in [0.05, 0.1) is 24.5 Å². The molecule has 0 unspecified atom stereocenters. The highest BCUT2D eigenvalue weighted by Crippen LogP contribution is 2.28. The average molecular weight is 480 g/mol. The summed E-state index contributed by atoms with van der Waals surface area (Å²) in [5.41, 5.74) is 4.00. The lowest BCUT2D eigenvalue weighted by Gasteiger charge is -2.20. The van der Waals surface area contributed by atoms with Crippen LogP contribution in [0.25, 0.3) is 11.4 Å². The zero-order valence-electron chi connectivity index (χ0n) is 19.9. The molecule has 0 bridgehead atoms. The van der Waals surface area contributed by atoms with Crippen LogP contribution in [0.3, 0.4) is 0 Å². The van der Waals surface area contributed by atoms with Crippen molar-refractivity contribution < 1.29 is 14.7 Å². The number of hydrogen-bond donors (Lipinski definition) is 3. The van der Waals surface area contributed by atoms with E-state index in [-0.39, 0.29) is 5.91 Å². The minimum Gasteiger partial charge on any atom is -0.494 e. The Bertz CT molecular complexity index is 1060. The number of carbonyl (C=O) groups excluding carboxylic acids is 1. The largest absolute Gasteiger partial charge is 0.494 e. The SMILES string of the molecule is O=C(CCCCCCOc1ccc(Nc2nccc(-c3cn(C4CCCCC4)nn3)n2)cc1)NO. The molecule has 1 aromatic carbocycles. The minimum atomic E-state index is -0.338. The average Bonchev–Trinajstić information content (AvgIpc) is 3.40. The number of carbonyl (C=O) groups is 1. The zero-order chi connectivity index (χ0) is 24.3. The molecule has 10 heteroatoms. The number of nitrogens with one attached hydrogen (secondary N) is 2. The number of hydroxylamine groups is 1. The van der Waals surface area contributed by atoms with Gasteiger partial charge >= 0.3 is 0 Å². The molecule has 1 amide bonds. The van der Waals surface area contributed by atoms with Gasteiger partial charge in [-0.1, -0.05) is 37.3 Å². The summed E-state index contributed by atoms with van der Waals surface area (Å²) < 4.78 is 7.78. The number of benzene rings is 1. The number of ether oxygens (including phenoxy) is 1. The summed E-state index contributed by atoms with van der Waals surface area (Å²) in [4.78, 5) is 19.9. The highest BCUT2D eigenvalue weighted by atomic mass is 16.5. The van der Waals surface area contributed by atoms with Crippen molar-refractivity contribution >= 4 is 17.5 Å². The van der Waals surface area contributed by atoms with E-state index in [4.69, 9.17) is 9.94 Å². The topological polar surface area (TPSA) is 127 Å². The van der Waals surface area contributed by atoms with Crippen molar-refractivity contribution in [3.05, 3.63) is 42.7 Å². The Balaban J connectivity index is 1.24. The number of unbranched alkanes of at least 4 members (excludes halogenated alkanes) is 3. The first-order chi connectivity index (χ1) is 17.2. The van der Waals surface area contributed by atoms with Crippen molar-refractivity contribution in [2.75, 3.05) is 11.9 Å². The van der Waals surface area contributed by atoms with Gasteiger partial charge in [-0.3, -0.25) is 10.0 Å². The Kier molecular flexibility index (Phi) is 8.99. The number of nitrogens with zero attached hydrogens (tertiary/aromatic N) is 5. The molecule has 1 aliphatic rings. The maximum absolute atomic E-state index is 11.0. The van der Waals surface area contributed by atoms with Gasteiger partial charge in [0.15, 0.2) is 0 Å². The summed E-state index contributed by atoms with van der Waals surface area (Å²) >= 11 is 0. The molecule has 0 atom stereocenters. The zero-order valence-corrected chi connectivity index (χ0v) is 19.9. The van der Waals surface area contributed by atoms with Crippen LogP contribution in [-0.2, 0) is 4.79 Å². The summed E-state index contributed by atoms with van der Waals surface area (Å²) in [6.07, 6.45) is 13.7. The molecule has 1 fully saturated rings. The van der Waals surface area contributed by atoms with Crippen LogP contribution in [-0.4, -0.2) is 42.7 Å². The summed E-state index contributed by atoms with van der Waals surface area (Å²) in [5, 5.41) is 20.4. The Morgan fingerprint density at radius 1 is 1.03 bits per heavy atom. The van der Waals surface area contributed by atoms with Crippen molar-refractivity contribution in [2.24, 2.45) is 0 Å². The molecule has 2 heterocycles. The van der Waals surface area contributed by atoms with Gasteiger partial charge in [0.25, 0.3) is 0 Å². The minimum absolute atomic E-state index is 0.338. The second-order valence-corrected chi connectivity index (χ2v) is 8.84. The molecule has 186 valence electrons. The molecule has 10 nitrogen and oxygen atoms in total. The molecule has 2 aromatic heterocycles. The normalized spacial score (nSPS) is 14.0. The standard InChI is InChI=1S/C25H33N7O3/c33-24(30-34)10-6-1-2-7-17-35-21-13-11-19(12-14-21)27-25-26-16-15-22(28-25)23-18-32(31-29-23)20-8-4-3-5-9-20/h11-16,18,20,34H,1-10,17H2,(H,30,33)(H,26,27,28). The summed E-state index contributed by atoms with van der Waals surface area (Å²) in [6, 6.07) is 9.96. The molecule has 3 aromatic rings. The van der Waals surface area contributed by atoms with Crippen LogP contribution in [0.4, 0.5) is 11.6 Å². The summed E-state index contributed by atoms with van der Waals surface area (Å²) in [5.74, 6) is 0.956. The number of rotatable bonds is 12. The van der Waals surface area contributed by atoms with Crippen LogP contribution in [0.1, 0.15) is 70.3 Å². The van der Waals surface area contributed by atoms with Gasteiger partial charge in [0, 0.05) is 18.3 Å². The number of hydrogen-bond acceptors (Lipinski definition) is 8. The molecule has 0 radical (unpaired) electrons. The maximum atomic E-state index is 11.0. The van der Waals surface area contributed by atoms with Gasteiger partial charge < -0.3 is 10.1 Å². The predicted octanol–water partition coefficient (Wildman–Crippen LogP) is 4.82. The fraction of sp³-hybridized carbons (Fsp3) is 0.480. The highest BCUT2D eigenvalue weighted by Gasteiger charge is 2.17. The number of amides is 1. The molecular formula is C25H33N7O3. The molecule has 35 heavy (non-hydrogen) atoms. The van der Waals surface area contributed by atoms with Gasteiger partial charge in [-0.2, -0.15) is 0 Å². The van der Waals surface area contributed by atoms with Crippen LogP contribution in [0.5, 0.6) is 5.75 Å². The second-order valence-electron chi connectivity index (χ2n) is 8.84. The van der Waals surface area contributed by atoms with Crippen molar-refractivity contribution in [1.29, 1.82) is 0 Å². The maximum Gasteiger partial charge on any atom is 0.243 e. The van der Waals surface area contributed by atoms with Crippen LogP contribution in [0.2, 0.25) is 0 Å². The molecule has 1 aliphatic carbocycles. The van der Waals surface area contributed by atoms with E-state index in [0.29, 0.717) is 25.0 Å². The first-order valence-electron chi connectivity index (χ1n) is 12.4. The Hall–Kier alpha value is -3.53. The Morgan fingerprint density at radius 3 is 2.63 bits per heavy atom. The summed E-state index contributed by atoms with van der Waals surface area (Å²) in [7, 11) is 0. The molecule has 0 aliphatic heterocycles. The third-order valence-corrected chi connectivity index (χ3v) is 6.18. The number of anilines is 2. The monoisotopic (exact) mass is 479 g/mol. The van der Waals surface area contributed by atoms with Crippen LogP contribution >= 0.6 is 0 Å². The van der Waals surface area contributed by atoms with E-state index in [0.717, 1.165) is 61.3 Å². The molecule has 3 N–H and O–H groups in total. The van der Waals surface area contributed by atoms with Gasteiger partial charge in [-0.05, 0) is 56.0 Å². The van der Waals surface area contributed by atoms with E-state index in [1.54, 1.807) is 11.7 Å². The van der Waals surface area contributed by atoms with Crippen molar-refractivity contribution in [3.8, 4) is 17.1 Å². The lowest BCUT2D eigenvalue weighted by atomic mass is 9.96. The smallest absolute Gasteiger partial charge is 0.243 e. The molecule has 1 saturated carbocycles. The van der Waals surface area contributed by atoms with Crippen LogP contribution in [0, 0.1) is 0 Å². The number of aromatic nitrogens is 5. The van der Waals surface area contributed by atoms with E-state index in [1.165, 1.54) is 19.3 Å². The quantitative estimate of drug-likeness (QED) is 0.192. The van der Waals surface area contributed by atoms with Gasteiger partial charge in [0.2, 0.25) is 11.9 Å². The molecule has 4 rings (SSSR count). The lowest BCUT2D eigenvalue weighted by molar-refractivity contribution is -0.129. The van der Waals surface area contributed by atoms with Crippen LogP contribution in [0.15, 0.2) is 42.7 Å². The third kappa shape index (κ3) is 7.48. The Morgan fingerprint density at radius 2 is 1.83 bits per heavy atom. The van der Waals surface area contributed by atoms with Crippen molar-refractivity contribution in [1.82, 2.24) is 30.4 Å². The fourth-order valence-electron chi connectivity index (χ4n) is 4.23. The van der Waals surface area contributed by atoms with Gasteiger partial charge in [-0.25, -0.2) is 20.1 Å². The van der Waals surface area contributed by atoms with E-state index in [1.807, 2.05) is 41.2 Å². The first kappa shape index (κ1) is 24.6. The van der Waals surface area contributed by atoms with E-state index >= 15 is 0 Å². The van der Waals surface area contributed by atoms with Gasteiger partial charge in [0.1, 0.15) is 11.4 Å². The van der Waals surface area contributed by atoms with Crippen molar-refractivity contribution in [2.45, 2.75) is 70.3 Å². The first-order valence-corrected chi connectivity index (χ1v) is 12.4. The van der Waals surface area contributed by atoms with E-state index in [9.17, 15) is 4.79 Å². The summed E-state index contributed by atoms with van der Waals surface area (Å²) in [6.45, 7) is 0.617. The van der Waals surface area contributed by atoms with Crippen LogP contribution < -0.4 is 15.5 Å². The molecular weight excluding hydrogens is 446 g/mol. The predicted molar refractivity (Wildman–Crippen MR) is 131 cm³/mol. The molecule has 0 saturated heterocycles. The highest BCUT2D eigenvalue weighted by molar-refractivity contribution is 5.74.